The summed E-state index contributed by atoms with van der Waals surface area (Å²) in [5.41, 5.74) is 4.52. The van der Waals surface area contributed by atoms with E-state index in [9.17, 15) is 0 Å². The molecule has 2 N–H and O–H groups in total. The number of H-pyrrole nitrogens is 1. The van der Waals surface area contributed by atoms with E-state index in [-0.39, 0.29) is 0 Å². The molecule has 0 spiro atoms. The number of fused-ring (bicyclic) bond motifs is 1. The molecule has 0 unspecified atom stereocenters. The van der Waals surface area contributed by atoms with Crippen molar-refractivity contribution in [3.63, 3.8) is 0 Å². The van der Waals surface area contributed by atoms with Crippen molar-refractivity contribution < 1.29 is 4.52 Å². The number of hydrazone groups is 1. The Morgan fingerprint density at radius 2 is 2.32 bits per heavy atom. The van der Waals surface area contributed by atoms with Gasteiger partial charge in [0, 0.05) is 11.2 Å². The Kier molecular flexibility index (Phi) is 3.14. The summed E-state index contributed by atoms with van der Waals surface area (Å²) < 4.78 is 2.38. The Hall–Kier alpha value is -1.99. The standard InChI is InChI=1S/C11H9ClN6S/c1-7(8-2-3-9(12)19-8)14-15-10-4-5-11-16-13-6-18(11)17-10/h2-6H,1H3,(H,15,17)/p+1/b14-7+. The zero-order chi connectivity index (χ0) is 13.2. The summed E-state index contributed by atoms with van der Waals surface area (Å²) in [6.07, 6.45) is 1.66. The molecule has 0 fully saturated rings. The van der Waals surface area contributed by atoms with Gasteiger partial charge in [0.25, 0.3) is 0 Å². The van der Waals surface area contributed by atoms with E-state index in [2.05, 4.69) is 25.8 Å². The molecule has 0 saturated heterocycles. The lowest BCUT2D eigenvalue weighted by molar-refractivity contribution is -0.579. The molecule has 0 saturated carbocycles. The lowest BCUT2D eigenvalue weighted by atomic mass is 10.3. The van der Waals surface area contributed by atoms with E-state index in [1.807, 2.05) is 31.2 Å². The second-order valence-electron chi connectivity index (χ2n) is 3.80. The van der Waals surface area contributed by atoms with Crippen LogP contribution in [-0.2, 0) is 0 Å². The molecule has 0 aliphatic carbocycles. The first kappa shape index (κ1) is 12.1. The molecule has 0 aromatic carbocycles. The van der Waals surface area contributed by atoms with Crippen LogP contribution in [0.4, 0.5) is 5.82 Å². The van der Waals surface area contributed by atoms with Gasteiger partial charge in [0.15, 0.2) is 5.82 Å². The summed E-state index contributed by atoms with van der Waals surface area (Å²) in [5.74, 6) is 0.640. The second-order valence-corrected chi connectivity index (χ2v) is 5.52. The third-order valence-electron chi connectivity index (χ3n) is 2.47. The topological polar surface area (TPSA) is 70.1 Å². The van der Waals surface area contributed by atoms with Crippen LogP contribution in [-0.4, -0.2) is 21.0 Å². The molecule has 3 rings (SSSR count). The number of thiophene rings is 1. The Morgan fingerprint density at radius 1 is 1.42 bits per heavy atom. The monoisotopic (exact) mass is 293 g/mol. The number of rotatable bonds is 3. The fraction of sp³-hybridized carbons (Fsp3) is 0.0909. The number of nitrogens with zero attached hydrogens (tertiary/aromatic N) is 4. The van der Waals surface area contributed by atoms with Crippen LogP contribution in [0.2, 0.25) is 4.34 Å². The predicted octanol–water partition coefficient (Wildman–Crippen LogP) is 2.09. The number of nitrogens with one attached hydrogen (secondary N) is 2. The van der Waals surface area contributed by atoms with Gasteiger partial charge >= 0.3 is 5.65 Å². The van der Waals surface area contributed by atoms with Gasteiger partial charge in [-0.3, -0.25) is 5.43 Å². The smallest absolute Gasteiger partial charge is 0.259 e. The molecule has 0 aliphatic heterocycles. The average molecular weight is 294 g/mol. The largest absolute Gasteiger partial charge is 0.325 e. The maximum atomic E-state index is 5.89. The van der Waals surface area contributed by atoms with E-state index in [0.29, 0.717) is 5.82 Å². The highest BCUT2D eigenvalue weighted by atomic mass is 35.5. The number of hydrogen-bond acceptors (Lipinski definition) is 5. The number of aromatic nitrogens is 4. The van der Waals surface area contributed by atoms with Gasteiger partial charge in [0.05, 0.1) is 14.9 Å². The molecule has 3 aromatic rings. The third kappa shape index (κ3) is 2.56. The van der Waals surface area contributed by atoms with Gasteiger partial charge in [-0.2, -0.15) is 5.10 Å². The number of anilines is 1. The van der Waals surface area contributed by atoms with Crippen LogP contribution in [0.5, 0.6) is 0 Å². The first-order chi connectivity index (χ1) is 9.22. The minimum absolute atomic E-state index is 0.640. The highest BCUT2D eigenvalue weighted by Gasteiger charge is 2.05. The minimum Gasteiger partial charge on any atom is -0.259 e. The molecule has 0 atom stereocenters. The summed E-state index contributed by atoms with van der Waals surface area (Å²) in [7, 11) is 0. The third-order valence-corrected chi connectivity index (χ3v) is 3.81. The number of aromatic amines is 1. The van der Waals surface area contributed by atoms with Crippen molar-refractivity contribution in [1.29, 1.82) is 0 Å². The van der Waals surface area contributed by atoms with E-state index in [1.165, 1.54) is 11.3 Å². The lowest BCUT2D eigenvalue weighted by Crippen LogP contribution is -2.24. The van der Waals surface area contributed by atoms with Crippen molar-refractivity contribution >= 4 is 40.1 Å². The van der Waals surface area contributed by atoms with Crippen LogP contribution in [0.3, 0.4) is 0 Å². The molecular weight excluding hydrogens is 284 g/mol. The number of hydrogen-bond donors (Lipinski definition) is 2. The fourth-order valence-electron chi connectivity index (χ4n) is 1.53. The summed E-state index contributed by atoms with van der Waals surface area (Å²) >= 11 is 7.38. The molecule has 0 bridgehead atoms. The average Bonchev–Trinajstić information content (AvgIpc) is 3.03. The summed E-state index contributed by atoms with van der Waals surface area (Å²) in [6, 6.07) is 7.45. The van der Waals surface area contributed by atoms with Crippen molar-refractivity contribution in [2.45, 2.75) is 6.92 Å². The molecular formula is C11H10ClN6S+. The molecule has 6 nitrogen and oxygen atoms in total. The van der Waals surface area contributed by atoms with Gasteiger partial charge < -0.3 is 0 Å². The Bertz CT molecular complexity index is 746. The summed E-state index contributed by atoms with van der Waals surface area (Å²) in [4.78, 5) is 1.02. The van der Waals surface area contributed by atoms with E-state index < -0.39 is 0 Å². The van der Waals surface area contributed by atoms with Gasteiger partial charge in [-0.25, -0.2) is 0 Å². The van der Waals surface area contributed by atoms with Gasteiger partial charge in [-0.15, -0.1) is 21.0 Å². The van der Waals surface area contributed by atoms with E-state index in [0.717, 1.165) is 20.6 Å². The van der Waals surface area contributed by atoms with Crippen LogP contribution in [0, 0.1) is 0 Å². The van der Waals surface area contributed by atoms with Crippen molar-refractivity contribution in [3.05, 3.63) is 39.8 Å². The zero-order valence-electron chi connectivity index (χ0n) is 9.96. The van der Waals surface area contributed by atoms with Gasteiger partial charge in [-0.1, -0.05) is 16.7 Å². The van der Waals surface area contributed by atoms with Crippen LogP contribution in [0.1, 0.15) is 11.8 Å². The van der Waals surface area contributed by atoms with Crippen LogP contribution >= 0.6 is 22.9 Å². The van der Waals surface area contributed by atoms with E-state index >= 15 is 0 Å². The van der Waals surface area contributed by atoms with Gasteiger partial charge in [-0.05, 0) is 25.1 Å². The Balaban J connectivity index is 1.80. The summed E-state index contributed by atoms with van der Waals surface area (Å²) in [6.45, 7) is 1.92. The molecule has 0 amide bonds. The fourth-order valence-corrected chi connectivity index (χ4v) is 2.52. The van der Waals surface area contributed by atoms with Crippen LogP contribution in [0.15, 0.2) is 35.7 Å². The SMILES string of the molecule is C/C(=N\Nc1ccc2n[nH]c[n+]2n1)c1ccc(Cl)s1. The normalized spacial score (nSPS) is 12.0. The molecule has 96 valence electrons. The van der Waals surface area contributed by atoms with Crippen LogP contribution in [0.25, 0.3) is 5.65 Å². The molecule has 3 aromatic heterocycles. The molecule has 0 aliphatic rings. The molecule has 0 radical (unpaired) electrons. The first-order valence-corrected chi connectivity index (χ1v) is 6.70. The second kappa shape index (κ2) is 4.94. The summed E-state index contributed by atoms with van der Waals surface area (Å²) in [5, 5.41) is 15.3. The van der Waals surface area contributed by atoms with E-state index in [1.54, 1.807) is 10.8 Å². The maximum absolute atomic E-state index is 5.89. The maximum Gasteiger partial charge on any atom is 0.325 e. The quantitative estimate of drug-likeness (QED) is 0.441. The van der Waals surface area contributed by atoms with Gasteiger partial charge in [0.1, 0.15) is 0 Å². The zero-order valence-corrected chi connectivity index (χ0v) is 11.5. The minimum atomic E-state index is 0.640. The van der Waals surface area contributed by atoms with Crippen molar-refractivity contribution in [1.82, 2.24) is 15.3 Å². The van der Waals surface area contributed by atoms with Gasteiger partial charge in [0.2, 0.25) is 6.33 Å². The van der Waals surface area contributed by atoms with Crippen molar-refractivity contribution in [3.8, 4) is 0 Å². The highest BCUT2D eigenvalue weighted by molar-refractivity contribution is 7.18. The van der Waals surface area contributed by atoms with Crippen LogP contribution < -0.4 is 9.94 Å². The Labute approximate surface area is 117 Å². The van der Waals surface area contributed by atoms with Crippen molar-refractivity contribution in [2.24, 2.45) is 5.10 Å². The van der Waals surface area contributed by atoms with Crippen molar-refractivity contribution in [2.75, 3.05) is 5.43 Å². The molecule has 8 heteroatoms. The highest BCUT2D eigenvalue weighted by Crippen LogP contribution is 2.21. The Morgan fingerprint density at radius 3 is 3.11 bits per heavy atom. The lowest BCUT2D eigenvalue weighted by Gasteiger charge is -1.99. The predicted molar refractivity (Wildman–Crippen MR) is 74.7 cm³/mol. The van der Waals surface area contributed by atoms with E-state index in [4.69, 9.17) is 11.6 Å². The molecule has 3 heterocycles. The number of halogens is 1. The molecule has 19 heavy (non-hydrogen) atoms. The first-order valence-electron chi connectivity index (χ1n) is 5.51.